The number of likely N-dealkylation sites (tertiary alicyclic amines) is 2. The van der Waals surface area contributed by atoms with Crippen LogP contribution < -0.4 is 5.32 Å². The quantitative estimate of drug-likeness (QED) is 0.477. The molecular weight excluding hydrogens is 526 g/mol. The van der Waals surface area contributed by atoms with Gasteiger partial charge in [-0.25, -0.2) is 8.42 Å². The number of ether oxygens (including phenoxy) is 1. The predicted molar refractivity (Wildman–Crippen MR) is 147 cm³/mol. The van der Waals surface area contributed by atoms with E-state index in [1.807, 2.05) is 23.1 Å². The zero-order chi connectivity index (χ0) is 27.3. The van der Waals surface area contributed by atoms with Crippen molar-refractivity contribution in [1.82, 2.24) is 15.1 Å². The number of nitrogens with one attached hydrogen (secondary N) is 1. The van der Waals surface area contributed by atoms with Crippen LogP contribution in [0.5, 0.6) is 0 Å². The van der Waals surface area contributed by atoms with Crippen LogP contribution in [0, 0.1) is 5.41 Å². The van der Waals surface area contributed by atoms with Gasteiger partial charge in [0, 0.05) is 44.1 Å². The van der Waals surface area contributed by atoms with Crippen molar-refractivity contribution in [3.63, 3.8) is 0 Å². The molecule has 38 heavy (non-hydrogen) atoms. The van der Waals surface area contributed by atoms with E-state index in [1.54, 1.807) is 24.3 Å². The Labute approximate surface area is 230 Å². The Balaban J connectivity index is 1.39. The third kappa shape index (κ3) is 6.75. The first-order valence-electron chi connectivity index (χ1n) is 12.9. The molecule has 1 unspecified atom stereocenters. The highest BCUT2D eigenvalue weighted by Gasteiger charge is 2.48. The van der Waals surface area contributed by atoms with Gasteiger partial charge in [0.05, 0.1) is 10.3 Å². The largest absolute Gasteiger partial charge is 0.375 e. The summed E-state index contributed by atoms with van der Waals surface area (Å²) in [5, 5.41) is 3.59. The van der Waals surface area contributed by atoms with E-state index in [2.05, 4.69) is 16.3 Å². The van der Waals surface area contributed by atoms with Gasteiger partial charge in [-0.15, -0.1) is 0 Å². The molecule has 1 N–H and O–H groups in total. The first kappa shape index (κ1) is 28.5. The lowest BCUT2D eigenvalue weighted by Gasteiger charge is -2.42. The first-order chi connectivity index (χ1) is 18.1. The van der Waals surface area contributed by atoms with Gasteiger partial charge >= 0.3 is 0 Å². The highest BCUT2D eigenvalue weighted by Crippen LogP contribution is 2.44. The predicted octanol–water partition coefficient (Wildman–Crippen LogP) is 3.45. The lowest BCUT2D eigenvalue weighted by Crippen LogP contribution is -2.46. The van der Waals surface area contributed by atoms with Crippen LogP contribution in [0.4, 0.5) is 0 Å². The average molecular weight is 562 g/mol. The van der Waals surface area contributed by atoms with E-state index in [0.717, 1.165) is 49.9 Å². The van der Waals surface area contributed by atoms with Crippen LogP contribution in [0.3, 0.4) is 0 Å². The van der Waals surface area contributed by atoms with Gasteiger partial charge in [-0.1, -0.05) is 35.9 Å². The molecule has 206 valence electrons. The van der Waals surface area contributed by atoms with Gasteiger partial charge in [0.1, 0.15) is 6.61 Å². The SMILES string of the molecule is COCC(=O)NCCC(c1cccc(Cl)c1)N1CCC2(CCN(Cc3ccc(S(C)(=O)=O)cc3)C2=O)CC1. The summed E-state index contributed by atoms with van der Waals surface area (Å²) in [5.74, 6) is 0.0491. The molecule has 1 atom stereocenters. The maximum Gasteiger partial charge on any atom is 0.245 e. The van der Waals surface area contributed by atoms with Crippen molar-refractivity contribution >= 4 is 33.3 Å². The van der Waals surface area contributed by atoms with Crippen LogP contribution in [-0.2, 0) is 30.7 Å². The van der Waals surface area contributed by atoms with E-state index in [0.29, 0.717) is 24.7 Å². The van der Waals surface area contributed by atoms with Crippen LogP contribution >= 0.6 is 11.6 Å². The Bertz CT molecular complexity index is 1240. The number of sulfone groups is 1. The lowest BCUT2D eigenvalue weighted by molar-refractivity contribution is -0.139. The van der Waals surface area contributed by atoms with E-state index in [9.17, 15) is 18.0 Å². The van der Waals surface area contributed by atoms with Gasteiger partial charge in [-0.2, -0.15) is 0 Å². The highest BCUT2D eigenvalue weighted by molar-refractivity contribution is 7.90. The summed E-state index contributed by atoms with van der Waals surface area (Å²) in [6.07, 6.45) is 4.31. The van der Waals surface area contributed by atoms with Crippen molar-refractivity contribution in [2.24, 2.45) is 5.41 Å². The average Bonchev–Trinajstić information content (AvgIpc) is 3.17. The second-order valence-electron chi connectivity index (χ2n) is 10.4. The van der Waals surface area contributed by atoms with E-state index in [-0.39, 0.29) is 34.8 Å². The number of carbonyl (C=O) groups is 2. The molecular formula is C28H36ClN3O5S. The second kappa shape index (κ2) is 12.2. The van der Waals surface area contributed by atoms with Crippen molar-refractivity contribution in [3.05, 3.63) is 64.7 Å². The van der Waals surface area contributed by atoms with Crippen molar-refractivity contribution < 1.29 is 22.7 Å². The van der Waals surface area contributed by atoms with Crippen LogP contribution in [0.1, 0.15) is 42.9 Å². The van der Waals surface area contributed by atoms with Gasteiger partial charge in [-0.05, 0) is 74.2 Å². The molecule has 2 saturated heterocycles. The maximum atomic E-state index is 13.5. The summed E-state index contributed by atoms with van der Waals surface area (Å²) in [6.45, 7) is 3.31. The number of halogens is 1. The van der Waals surface area contributed by atoms with Gasteiger partial charge in [0.25, 0.3) is 0 Å². The second-order valence-corrected chi connectivity index (χ2v) is 12.8. The molecule has 2 fully saturated rings. The Morgan fingerprint density at radius 2 is 1.79 bits per heavy atom. The molecule has 2 aliphatic heterocycles. The van der Waals surface area contributed by atoms with Crippen LogP contribution in [-0.4, -0.2) is 76.2 Å². The van der Waals surface area contributed by atoms with Gasteiger partial charge in [0.15, 0.2) is 9.84 Å². The highest BCUT2D eigenvalue weighted by atomic mass is 35.5. The number of nitrogens with zero attached hydrogens (tertiary/aromatic N) is 2. The normalized spacial score (nSPS) is 18.6. The number of benzene rings is 2. The summed E-state index contributed by atoms with van der Waals surface area (Å²) in [5.41, 5.74) is 1.68. The molecule has 8 nitrogen and oxygen atoms in total. The number of hydrogen-bond acceptors (Lipinski definition) is 6. The smallest absolute Gasteiger partial charge is 0.245 e. The topological polar surface area (TPSA) is 96.0 Å². The van der Waals surface area contributed by atoms with Crippen molar-refractivity contribution in [2.45, 2.75) is 43.2 Å². The fraction of sp³-hybridized carbons (Fsp3) is 0.500. The van der Waals surface area contributed by atoms with Gasteiger partial charge in [-0.3, -0.25) is 14.5 Å². The minimum absolute atomic E-state index is 0.0362. The number of carbonyl (C=O) groups excluding carboxylic acids is 2. The summed E-state index contributed by atoms with van der Waals surface area (Å²) in [7, 11) is -1.75. The van der Waals surface area contributed by atoms with Crippen LogP contribution in [0.15, 0.2) is 53.4 Å². The molecule has 1 spiro atoms. The summed E-state index contributed by atoms with van der Waals surface area (Å²) >= 11 is 6.30. The molecule has 0 radical (unpaired) electrons. The number of amides is 2. The number of methoxy groups -OCH3 is 1. The van der Waals surface area contributed by atoms with E-state index >= 15 is 0 Å². The first-order valence-corrected chi connectivity index (χ1v) is 15.2. The fourth-order valence-corrected chi connectivity index (χ4v) is 6.47. The van der Waals surface area contributed by atoms with Crippen molar-refractivity contribution in [2.75, 3.05) is 46.2 Å². The van der Waals surface area contributed by atoms with E-state index in [1.165, 1.54) is 13.4 Å². The summed E-state index contributed by atoms with van der Waals surface area (Å²) in [6, 6.07) is 14.7. The molecule has 2 amide bonds. The molecule has 0 saturated carbocycles. The maximum absolute atomic E-state index is 13.5. The Morgan fingerprint density at radius 1 is 1.11 bits per heavy atom. The number of rotatable bonds is 10. The standard InChI is InChI=1S/C28H36ClN3O5S/c1-37-20-26(33)30-14-10-25(22-4-3-5-23(29)18-22)31-15-11-28(12-16-31)13-17-32(27(28)34)19-21-6-8-24(9-7-21)38(2,35)36/h3-9,18,25H,10-17,19-20H2,1-2H3,(H,30,33). The zero-order valence-corrected chi connectivity index (χ0v) is 23.6. The third-order valence-corrected chi connectivity index (χ3v) is 9.13. The minimum atomic E-state index is -3.25. The molecule has 2 aromatic carbocycles. The molecule has 0 bridgehead atoms. The Hall–Kier alpha value is -2.46. The van der Waals surface area contributed by atoms with Crippen molar-refractivity contribution in [1.29, 1.82) is 0 Å². The zero-order valence-electron chi connectivity index (χ0n) is 22.0. The van der Waals surface area contributed by atoms with Crippen LogP contribution in [0.2, 0.25) is 5.02 Å². The molecule has 0 aliphatic carbocycles. The van der Waals surface area contributed by atoms with E-state index in [4.69, 9.17) is 16.3 Å². The number of hydrogen-bond donors (Lipinski definition) is 1. The lowest BCUT2D eigenvalue weighted by atomic mass is 9.76. The summed E-state index contributed by atoms with van der Waals surface area (Å²) in [4.78, 5) is 30.0. The van der Waals surface area contributed by atoms with Crippen LogP contribution in [0.25, 0.3) is 0 Å². The molecule has 2 aromatic rings. The Morgan fingerprint density at radius 3 is 2.42 bits per heavy atom. The van der Waals surface area contributed by atoms with Gasteiger partial charge in [0.2, 0.25) is 11.8 Å². The molecule has 0 aromatic heterocycles. The third-order valence-electron chi connectivity index (χ3n) is 7.77. The van der Waals surface area contributed by atoms with E-state index < -0.39 is 9.84 Å². The minimum Gasteiger partial charge on any atom is -0.375 e. The molecule has 2 aliphatic rings. The summed E-state index contributed by atoms with van der Waals surface area (Å²) < 4.78 is 28.4. The number of piperidine rings is 1. The Kier molecular flexibility index (Phi) is 9.13. The molecule has 2 heterocycles. The van der Waals surface area contributed by atoms with Crippen molar-refractivity contribution in [3.8, 4) is 0 Å². The monoisotopic (exact) mass is 561 g/mol. The molecule has 10 heteroatoms. The van der Waals surface area contributed by atoms with Gasteiger partial charge < -0.3 is 15.0 Å². The molecule has 4 rings (SSSR count). The fourth-order valence-electron chi connectivity index (χ4n) is 5.64.